The van der Waals surface area contributed by atoms with E-state index in [4.69, 9.17) is 16.3 Å². The minimum Gasteiger partial charge on any atom is -0.378 e. The SMILES string of the molecule is CCCS(=O)(=O)Nc1cc(F)c(F)c(C(=O)c2ccc3ncc(N4CCOCC4)nc3c2)c1Cl. The van der Waals surface area contributed by atoms with E-state index in [9.17, 15) is 22.0 Å². The van der Waals surface area contributed by atoms with Gasteiger partial charge < -0.3 is 9.64 Å². The normalized spacial score (nSPS) is 14.4. The Balaban J connectivity index is 1.73. The molecule has 1 N–H and O–H groups in total. The molecule has 0 amide bonds. The molecule has 0 bridgehead atoms. The number of nitrogens with zero attached hydrogens (tertiary/aromatic N) is 3. The number of hydrogen-bond acceptors (Lipinski definition) is 7. The molecule has 1 saturated heterocycles. The Bertz CT molecular complexity index is 1360. The van der Waals surface area contributed by atoms with Crippen LogP contribution in [-0.4, -0.2) is 56.2 Å². The lowest BCUT2D eigenvalue weighted by atomic mass is 10.0. The molecule has 1 fully saturated rings. The molecule has 3 aromatic rings. The number of carbonyl (C=O) groups excluding carboxylic acids is 1. The van der Waals surface area contributed by atoms with Gasteiger partial charge in [0.2, 0.25) is 10.0 Å². The largest absolute Gasteiger partial charge is 0.378 e. The summed E-state index contributed by atoms with van der Waals surface area (Å²) in [5.41, 5.74) is -0.297. The van der Waals surface area contributed by atoms with Crippen LogP contribution < -0.4 is 9.62 Å². The number of hydrogen-bond donors (Lipinski definition) is 1. The van der Waals surface area contributed by atoms with Crippen LogP contribution in [0.15, 0.2) is 30.5 Å². The molecule has 0 spiro atoms. The van der Waals surface area contributed by atoms with Gasteiger partial charge in [-0.2, -0.15) is 0 Å². The van der Waals surface area contributed by atoms with E-state index in [-0.39, 0.29) is 11.3 Å². The highest BCUT2D eigenvalue weighted by Gasteiger charge is 2.26. The second-order valence-electron chi connectivity index (χ2n) is 7.69. The van der Waals surface area contributed by atoms with E-state index in [1.54, 1.807) is 13.1 Å². The molecule has 12 heteroatoms. The smallest absolute Gasteiger partial charge is 0.232 e. The first-order chi connectivity index (χ1) is 16.2. The zero-order valence-corrected chi connectivity index (χ0v) is 19.7. The molecule has 0 atom stereocenters. The van der Waals surface area contributed by atoms with Crippen LogP contribution in [0.25, 0.3) is 11.0 Å². The average molecular weight is 511 g/mol. The Kier molecular flexibility index (Phi) is 6.96. The number of halogens is 3. The van der Waals surface area contributed by atoms with Crippen LogP contribution in [0.1, 0.15) is 29.3 Å². The van der Waals surface area contributed by atoms with Gasteiger partial charge in [0.1, 0.15) is 5.82 Å². The van der Waals surface area contributed by atoms with Gasteiger partial charge in [-0.05, 0) is 24.6 Å². The molecular weight excluding hydrogens is 490 g/mol. The van der Waals surface area contributed by atoms with Crippen LogP contribution in [0.5, 0.6) is 0 Å². The van der Waals surface area contributed by atoms with Crippen LogP contribution in [0.2, 0.25) is 5.02 Å². The van der Waals surface area contributed by atoms with E-state index in [2.05, 4.69) is 14.7 Å². The first-order valence-corrected chi connectivity index (χ1v) is 12.6. The molecule has 1 aliphatic heterocycles. The molecule has 0 unspecified atom stereocenters. The summed E-state index contributed by atoms with van der Waals surface area (Å²) >= 11 is 6.18. The summed E-state index contributed by atoms with van der Waals surface area (Å²) in [4.78, 5) is 24.1. The average Bonchev–Trinajstić information content (AvgIpc) is 2.82. The molecule has 2 aromatic carbocycles. The lowest BCUT2D eigenvalue weighted by Crippen LogP contribution is -2.36. The highest BCUT2D eigenvalue weighted by atomic mass is 35.5. The Labute approximate surface area is 200 Å². The van der Waals surface area contributed by atoms with Gasteiger partial charge in [0.25, 0.3) is 0 Å². The zero-order chi connectivity index (χ0) is 24.5. The summed E-state index contributed by atoms with van der Waals surface area (Å²) in [5, 5.41) is -0.531. The van der Waals surface area contributed by atoms with Crippen LogP contribution in [0, 0.1) is 11.6 Å². The Morgan fingerprint density at radius 2 is 1.94 bits per heavy atom. The van der Waals surface area contributed by atoms with Crippen molar-refractivity contribution in [2.24, 2.45) is 0 Å². The summed E-state index contributed by atoms with van der Waals surface area (Å²) in [7, 11) is -3.85. The number of aromatic nitrogens is 2. The first kappa shape index (κ1) is 24.2. The van der Waals surface area contributed by atoms with Crippen molar-refractivity contribution in [3.05, 3.63) is 58.2 Å². The third-order valence-electron chi connectivity index (χ3n) is 5.25. The van der Waals surface area contributed by atoms with Gasteiger partial charge >= 0.3 is 0 Å². The molecule has 1 aliphatic rings. The fourth-order valence-corrected chi connectivity index (χ4v) is 5.06. The van der Waals surface area contributed by atoms with Gasteiger partial charge in [-0.15, -0.1) is 0 Å². The molecular formula is C22H21ClF2N4O4S. The number of ether oxygens (including phenoxy) is 1. The fourth-order valence-electron chi connectivity index (χ4n) is 3.60. The van der Waals surface area contributed by atoms with Crippen molar-refractivity contribution in [1.29, 1.82) is 0 Å². The maximum atomic E-state index is 14.7. The number of morpholine rings is 1. The third-order valence-corrected chi connectivity index (χ3v) is 7.12. The number of sulfonamides is 1. The molecule has 4 rings (SSSR count). The number of fused-ring (bicyclic) bond motifs is 1. The van der Waals surface area contributed by atoms with Gasteiger partial charge in [-0.3, -0.25) is 14.5 Å². The van der Waals surface area contributed by atoms with Crippen LogP contribution >= 0.6 is 11.6 Å². The van der Waals surface area contributed by atoms with Crippen molar-refractivity contribution < 1.29 is 26.7 Å². The standard InChI is InChI=1S/C22H21ClF2N4O4S/c1-2-9-34(31,32)28-17-11-14(24)21(25)19(20(17)23)22(30)13-3-4-15-16(10-13)27-18(12-26-15)29-5-7-33-8-6-29/h3-4,10-12,28H,2,5-9H2,1H3. The number of anilines is 2. The predicted molar refractivity (Wildman–Crippen MR) is 125 cm³/mol. The molecule has 0 saturated carbocycles. The van der Waals surface area contributed by atoms with Crippen LogP contribution in [-0.2, 0) is 14.8 Å². The quantitative estimate of drug-likeness (QED) is 0.381. The van der Waals surface area contributed by atoms with Crippen molar-refractivity contribution in [3.63, 3.8) is 0 Å². The van der Waals surface area contributed by atoms with Gasteiger partial charge in [-0.25, -0.2) is 22.2 Å². The summed E-state index contributed by atoms with van der Waals surface area (Å²) in [6.07, 6.45) is 1.92. The molecule has 8 nitrogen and oxygen atoms in total. The van der Waals surface area contributed by atoms with Gasteiger partial charge in [-0.1, -0.05) is 18.5 Å². The Hall–Kier alpha value is -2.89. The second kappa shape index (κ2) is 9.77. The van der Waals surface area contributed by atoms with Crippen molar-refractivity contribution in [3.8, 4) is 0 Å². The van der Waals surface area contributed by atoms with Crippen molar-refractivity contribution >= 4 is 49.9 Å². The molecule has 180 valence electrons. The Morgan fingerprint density at radius 1 is 1.21 bits per heavy atom. The second-order valence-corrected chi connectivity index (χ2v) is 9.91. The molecule has 0 aliphatic carbocycles. The van der Waals surface area contributed by atoms with E-state index < -0.39 is 43.7 Å². The molecule has 2 heterocycles. The highest BCUT2D eigenvalue weighted by molar-refractivity contribution is 7.92. The molecule has 0 radical (unpaired) electrons. The first-order valence-electron chi connectivity index (χ1n) is 10.5. The van der Waals surface area contributed by atoms with E-state index in [1.165, 1.54) is 18.2 Å². The monoisotopic (exact) mass is 510 g/mol. The number of ketones is 1. The Morgan fingerprint density at radius 3 is 2.65 bits per heavy atom. The number of nitrogens with one attached hydrogen (secondary N) is 1. The number of carbonyl (C=O) groups is 1. The van der Waals surface area contributed by atoms with Crippen molar-refractivity contribution in [2.45, 2.75) is 13.3 Å². The molecule has 34 heavy (non-hydrogen) atoms. The topological polar surface area (TPSA) is 101 Å². The lowest BCUT2D eigenvalue weighted by molar-refractivity contribution is 0.103. The molecule has 1 aromatic heterocycles. The number of rotatable bonds is 7. The minimum absolute atomic E-state index is 0.00491. The maximum absolute atomic E-state index is 14.7. The van der Waals surface area contributed by atoms with Crippen LogP contribution in [0.4, 0.5) is 20.3 Å². The van der Waals surface area contributed by atoms with Gasteiger partial charge in [0.05, 0.1) is 52.5 Å². The van der Waals surface area contributed by atoms with E-state index >= 15 is 0 Å². The van der Waals surface area contributed by atoms with Crippen molar-refractivity contribution in [2.75, 3.05) is 41.7 Å². The summed E-state index contributed by atoms with van der Waals surface area (Å²) in [6.45, 7) is 4.03. The minimum atomic E-state index is -3.85. The van der Waals surface area contributed by atoms with Gasteiger partial charge in [0.15, 0.2) is 17.4 Å². The van der Waals surface area contributed by atoms with E-state index in [1.807, 2.05) is 4.90 Å². The summed E-state index contributed by atoms with van der Waals surface area (Å²) in [5.74, 6) is -3.44. The fraction of sp³-hybridized carbons (Fsp3) is 0.318. The predicted octanol–water partition coefficient (Wildman–Crippen LogP) is 3.78. The lowest BCUT2D eigenvalue weighted by Gasteiger charge is -2.27. The van der Waals surface area contributed by atoms with E-state index in [0.717, 1.165) is 0 Å². The van der Waals surface area contributed by atoms with E-state index in [0.29, 0.717) is 55.6 Å². The summed E-state index contributed by atoms with van der Waals surface area (Å²) < 4.78 is 60.7. The van der Waals surface area contributed by atoms with Crippen molar-refractivity contribution in [1.82, 2.24) is 9.97 Å². The third kappa shape index (κ3) is 4.96. The van der Waals surface area contributed by atoms with Gasteiger partial charge in [0, 0.05) is 24.7 Å². The highest BCUT2D eigenvalue weighted by Crippen LogP contribution is 2.33. The maximum Gasteiger partial charge on any atom is 0.232 e. The zero-order valence-electron chi connectivity index (χ0n) is 18.1. The summed E-state index contributed by atoms with van der Waals surface area (Å²) in [6, 6.07) is 4.96. The number of benzene rings is 2. The van der Waals surface area contributed by atoms with Crippen LogP contribution in [0.3, 0.4) is 0 Å².